The van der Waals surface area contributed by atoms with E-state index in [-0.39, 0.29) is 12.1 Å². The molecule has 1 atom stereocenters. The van der Waals surface area contributed by atoms with Gasteiger partial charge in [0, 0.05) is 11.9 Å². The summed E-state index contributed by atoms with van der Waals surface area (Å²) >= 11 is 0. The molecule has 1 saturated heterocycles. The van der Waals surface area contributed by atoms with E-state index in [1.165, 1.54) is 18.4 Å². The Morgan fingerprint density at radius 2 is 1.89 bits per heavy atom. The van der Waals surface area contributed by atoms with E-state index < -0.39 is 6.10 Å². The quantitative estimate of drug-likeness (QED) is 0.392. The fourth-order valence-electron chi connectivity index (χ4n) is 5.46. The highest BCUT2D eigenvalue weighted by Crippen LogP contribution is 2.31. The Morgan fingerprint density at radius 3 is 2.65 bits per heavy atom. The van der Waals surface area contributed by atoms with Crippen LogP contribution < -0.4 is 10.9 Å². The van der Waals surface area contributed by atoms with Crippen LogP contribution in [0.1, 0.15) is 48.1 Å². The maximum Gasteiger partial charge on any atom is 0.278 e. The van der Waals surface area contributed by atoms with Crippen LogP contribution in [0.2, 0.25) is 0 Å². The van der Waals surface area contributed by atoms with Gasteiger partial charge in [0.1, 0.15) is 5.39 Å². The summed E-state index contributed by atoms with van der Waals surface area (Å²) in [6.45, 7) is 6.35. The summed E-state index contributed by atoms with van der Waals surface area (Å²) in [4.78, 5) is 29.4. The Kier molecular flexibility index (Phi) is 6.10. The van der Waals surface area contributed by atoms with Crippen LogP contribution in [0.15, 0.2) is 60.0 Å². The lowest BCUT2D eigenvalue weighted by atomic mass is 9.89. The van der Waals surface area contributed by atoms with Gasteiger partial charge in [0.05, 0.1) is 18.3 Å². The number of pyridine rings is 1. The number of hydrogen-bond donors (Lipinski definition) is 2. The Balaban J connectivity index is 1.34. The summed E-state index contributed by atoms with van der Waals surface area (Å²) < 4.78 is 3.24. The third-order valence-electron chi connectivity index (χ3n) is 7.55. The number of allylic oxidation sites excluding steroid dienone is 1. The second-order valence-corrected chi connectivity index (χ2v) is 10.0. The number of likely N-dealkylation sites (tertiary alicyclic amines) is 1. The first-order chi connectivity index (χ1) is 18.0. The molecular formula is C28H31N7O2. The normalized spacial score (nSPS) is 18.3. The summed E-state index contributed by atoms with van der Waals surface area (Å²) in [5, 5.41) is 14.1. The molecule has 9 nitrogen and oxygen atoms in total. The number of aliphatic hydroxyl groups is 1. The van der Waals surface area contributed by atoms with Gasteiger partial charge in [-0.1, -0.05) is 24.3 Å². The van der Waals surface area contributed by atoms with Gasteiger partial charge in [-0.05, 0) is 81.1 Å². The van der Waals surface area contributed by atoms with Gasteiger partial charge in [0.25, 0.3) is 5.56 Å². The van der Waals surface area contributed by atoms with Gasteiger partial charge < -0.3 is 15.3 Å². The lowest BCUT2D eigenvalue weighted by molar-refractivity contribution is 0.175. The minimum Gasteiger partial charge on any atom is -0.387 e. The first-order valence-corrected chi connectivity index (χ1v) is 12.8. The molecule has 1 unspecified atom stereocenters. The molecule has 9 heteroatoms. The number of rotatable bonds is 6. The summed E-state index contributed by atoms with van der Waals surface area (Å²) in [5.74, 6) is 1.52. The first-order valence-electron chi connectivity index (χ1n) is 12.8. The Labute approximate surface area is 215 Å². The summed E-state index contributed by atoms with van der Waals surface area (Å²) in [6, 6.07) is 12.3. The number of anilines is 2. The van der Waals surface area contributed by atoms with Crippen LogP contribution in [0.4, 0.5) is 11.6 Å². The minimum atomic E-state index is -0.597. The number of nitrogens with zero attached hydrogens (tertiary/aromatic N) is 6. The number of fused-ring (bicyclic) bond motifs is 2. The zero-order chi connectivity index (χ0) is 25.5. The number of aliphatic hydroxyl groups excluding tert-OH is 1. The summed E-state index contributed by atoms with van der Waals surface area (Å²) in [7, 11) is 2.18. The van der Waals surface area contributed by atoms with E-state index in [1.54, 1.807) is 21.6 Å². The number of benzene rings is 1. The topological polar surface area (TPSA) is 101 Å². The van der Waals surface area contributed by atoms with Crippen LogP contribution in [0, 0.1) is 0 Å². The molecule has 1 aliphatic heterocycles. The molecule has 1 aliphatic carbocycles. The molecule has 0 spiro atoms. The molecule has 3 aromatic heterocycles. The van der Waals surface area contributed by atoms with Crippen molar-refractivity contribution in [1.29, 1.82) is 0 Å². The summed E-state index contributed by atoms with van der Waals surface area (Å²) in [5.41, 5.74) is 4.17. The maximum atomic E-state index is 13.2. The molecule has 37 heavy (non-hydrogen) atoms. The number of nitrogens with one attached hydrogen (secondary N) is 1. The molecule has 2 aliphatic rings. The molecule has 6 rings (SSSR count). The molecule has 190 valence electrons. The van der Waals surface area contributed by atoms with Gasteiger partial charge in [0.2, 0.25) is 5.95 Å². The van der Waals surface area contributed by atoms with E-state index in [9.17, 15) is 9.90 Å². The highest BCUT2D eigenvalue weighted by molar-refractivity contribution is 5.77. The van der Waals surface area contributed by atoms with E-state index in [0.717, 1.165) is 30.8 Å². The molecule has 1 fully saturated rings. The monoisotopic (exact) mass is 497 g/mol. The maximum absolute atomic E-state index is 13.2. The van der Waals surface area contributed by atoms with Crippen LogP contribution in [0.3, 0.4) is 0 Å². The fourth-order valence-corrected chi connectivity index (χ4v) is 5.46. The Bertz CT molecular complexity index is 1510. The number of aryl methyl sites for hydroxylation is 1. The van der Waals surface area contributed by atoms with Gasteiger partial charge in [0.15, 0.2) is 11.5 Å². The lowest BCUT2D eigenvalue weighted by Gasteiger charge is -2.29. The molecule has 0 saturated carbocycles. The van der Waals surface area contributed by atoms with Gasteiger partial charge in [-0.3, -0.25) is 4.79 Å². The fraction of sp³-hybridized carbons (Fsp3) is 0.357. The third kappa shape index (κ3) is 4.34. The molecule has 2 N–H and O–H groups in total. The number of hydrogen-bond acceptors (Lipinski definition) is 7. The van der Waals surface area contributed by atoms with Crippen molar-refractivity contribution in [2.75, 3.05) is 25.5 Å². The number of piperidine rings is 1. The molecule has 0 radical (unpaired) electrons. The van der Waals surface area contributed by atoms with Crippen LogP contribution in [0.25, 0.3) is 16.9 Å². The standard InChI is InChI=1S/C28H31N7O2/c1-3-14-34-27(37)22-17-29-28(30-21-8-4-18(5-9-21)19-12-15-33(2)16-13-19)32-26(22)35(34)24-11-7-20-6-10-23(36)25(20)31-24/h3-5,7-9,11,17,19,23,36H,1,6,10,12-16H2,2H3,(H,29,30,32). The van der Waals surface area contributed by atoms with Crippen molar-refractivity contribution in [3.8, 4) is 5.82 Å². The van der Waals surface area contributed by atoms with Crippen molar-refractivity contribution >= 4 is 22.7 Å². The van der Waals surface area contributed by atoms with Crippen molar-refractivity contribution < 1.29 is 5.11 Å². The second kappa shape index (κ2) is 9.57. The van der Waals surface area contributed by atoms with Crippen molar-refractivity contribution in [2.45, 2.75) is 44.2 Å². The Morgan fingerprint density at radius 1 is 1.11 bits per heavy atom. The smallest absolute Gasteiger partial charge is 0.278 e. The predicted molar refractivity (Wildman–Crippen MR) is 144 cm³/mol. The highest BCUT2D eigenvalue weighted by atomic mass is 16.3. The van der Waals surface area contributed by atoms with E-state index >= 15 is 0 Å². The molecule has 0 amide bonds. The van der Waals surface area contributed by atoms with Crippen LogP contribution in [0.5, 0.6) is 0 Å². The second-order valence-electron chi connectivity index (χ2n) is 10.0. The van der Waals surface area contributed by atoms with Gasteiger partial charge in [-0.2, -0.15) is 4.98 Å². The average Bonchev–Trinajstić information content (AvgIpc) is 3.41. The minimum absolute atomic E-state index is 0.216. The molecular weight excluding hydrogens is 466 g/mol. The van der Waals surface area contributed by atoms with E-state index in [2.05, 4.69) is 53.1 Å². The predicted octanol–water partition coefficient (Wildman–Crippen LogP) is 3.70. The molecule has 0 bridgehead atoms. The van der Waals surface area contributed by atoms with Crippen LogP contribution >= 0.6 is 0 Å². The zero-order valence-electron chi connectivity index (χ0n) is 21.0. The zero-order valence-corrected chi connectivity index (χ0v) is 21.0. The molecule has 4 heterocycles. The first kappa shape index (κ1) is 23.6. The van der Waals surface area contributed by atoms with Crippen molar-refractivity contribution in [3.63, 3.8) is 0 Å². The van der Waals surface area contributed by atoms with Crippen molar-refractivity contribution in [2.24, 2.45) is 0 Å². The largest absolute Gasteiger partial charge is 0.387 e. The van der Waals surface area contributed by atoms with Gasteiger partial charge >= 0.3 is 0 Å². The molecule has 1 aromatic carbocycles. The van der Waals surface area contributed by atoms with Crippen LogP contribution in [-0.4, -0.2) is 54.5 Å². The van der Waals surface area contributed by atoms with Crippen molar-refractivity contribution in [3.05, 3.63) is 82.4 Å². The van der Waals surface area contributed by atoms with E-state index in [4.69, 9.17) is 9.97 Å². The summed E-state index contributed by atoms with van der Waals surface area (Å²) in [6.07, 6.45) is 6.43. The molecule has 4 aromatic rings. The van der Waals surface area contributed by atoms with E-state index in [0.29, 0.717) is 40.8 Å². The van der Waals surface area contributed by atoms with Crippen molar-refractivity contribution in [1.82, 2.24) is 29.2 Å². The average molecular weight is 498 g/mol. The van der Waals surface area contributed by atoms with E-state index in [1.807, 2.05) is 12.1 Å². The van der Waals surface area contributed by atoms with Gasteiger partial charge in [-0.15, -0.1) is 6.58 Å². The number of aromatic nitrogens is 5. The lowest BCUT2D eigenvalue weighted by Crippen LogP contribution is -2.29. The highest BCUT2D eigenvalue weighted by Gasteiger charge is 2.24. The Hall–Kier alpha value is -3.82. The third-order valence-corrected chi connectivity index (χ3v) is 7.55. The van der Waals surface area contributed by atoms with Crippen LogP contribution in [-0.2, 0) is 13.0 Å². The van der Waals surface area contributed by atoms with Gasteiger partial charge in [-0.25, -0.2) is 19.3 Å². The SMILES string of the molecule is C=CCn1c(=O)c2cnc(Nc3ccc(C4CCN(C)CC4)cc3)nc2n1-c1ccc2c(n1)C(O)CC2.